The molecule has 2 heterocycles. The average Bonchev–Trinajstić information content (AvgIpc) is 2.47. The summed E-state index contributed by atoms with van der Waals surface area (Å²) in [4.78, 5) is 31.0. The summed E-state index contributed by atoms with van der Waals surface area (Å²) in [5.41, 5.74) is 0.581. The lowest BCUT2D eigenvalue weighted by Crippen LogP contribution is -2.39. The van der Waals surface area contributed by atoms with Crippen LogP contribution < -0.4 is 4.90 Å². The van der Waals surface area contributed by atoms with Crippen molar-refractivity contribution in [1.82, 2.24) is 9.88 Å². The molecule has 1 N–H and O–H groups in total. The number of hydrogen-bond acceptors (Lipinski definition) is 4. The van der Waals surface area contributed by atoms with Crippen LogP contribution in [0.5, 0.6) is 0 Å². The van der Waals surface area contributed by atoms with Gasteiger partial charge in [0, 0.05) is 39.8 Å². The number of carbonyl (C=O) groups excluding carboxylic acids is 1. The molecule has 0 radical (unpaired) electrons. The van der Waals surface area contributed by atoms with Gasteiger partial charge in [-0.3, -0.25) is 9.59 Å². The minimum absolute atomic E-state index is 0.0263. The van der Waals surface area contributed by atoms with Gasteiger partial charge in [0.15, 0.2) is 0 Å². The van der Waals surface area contributed by atoms with Gasteiger partial charge in [0.25, 0.3) is 5.91 Å². The van der Waals surface area contributed by atoms with E-state index in [0.717, 1.165) is 18.7 Å². The second kappa shape index (κ2) is 6.56. The van der Waals surface area contributed by atoms with Crippen LogP contribution in [0.2, 0.25) is 0 Å². The van der Waals surface area contributed by atoms with Gasteiger partial charge in [0.1, 0.15) is 5.82 Å². The largest absolute Gasteiger partial charge is 0.481 e. The summed E-state index contributed by atoms with van der Waals surface area (Å²) >= 11 is 0. The molecule has 1 aromatic rings. The summed E-state index contributed by atoms with van der Waals surface area (Å²) in [5.74, 6) is 0.206. The molecule has 1 fully saturated rings. The second-order valence-electron chi connectivity index (χ2n) is 5.63. The number of aromatic nitrogens is 1. The zero-order chi connectivity index (χ0) is 15.4. The highest BCUT2D eigenvalue weighted by Gasteiger charge is 2.25. The number of aliphatic carboxylic acids is 1. The summed E-state index contributed by atoms with van der Waals surface area (Å²) in [6, 6.07) is 3.61. The van der Waals surface area contributed by atoms with E-state index < -0.39 is 5.97 Å². The lowest BCUT2D eigenvalue weighted by Gasteiger charge is -2.31. The Labute approximate surface area is 124 Å². The van der Waals surface area contributed by atoms with Crippen molar-refractivity contribution in [1.29, 1.82) is 0 Å². The fraction of sp³-hybridized carbons (Fsp3) is 0.533. The van der Waals surface area contributed by atoms with Crippen LogP contribution in [0.1, 0.15) is 29.6 Å². The van der Waals surface area contributed by atoms with Crippen molar-refractivity contribution < 1.29 is 14.7 Å². The molecule has 1 aliphatic heterocycles. The Morgan fingerprint density at radius 2 is 2.00 bits per heavy atom. The molecular formula is C15H21N3O3. The molecule has 2 rings (SSSR count). The van der Waals surface area contributed by atoms with Gasteiger partial charge in [-0.05, 0) is 30.9 Å². The van der Waals surface area contributed by atoms with E-state index in [2.05, 4.69) is 4.98 Å². The standard InChI is InChI=1S/C15H21N3O3/c1-17(2)13-4-3-12(10-16-13)15(21)18-7-5-11(6-8-18)9-14(19)20/h3-4,10-11H,5-9H2,1-2H3,(H,19,20). The fourth-order valence-corrected chi connectivity index (χ4v) is 2.55. The maximum Gasteiger partial charge on any atom is 0.303 e. The van der Waals surface area contributed by atoms with Gasteiger partial charge in [0.05, 0.1) is 5.56 Å². The number of likely N-dealkylation sites (tertiary alicyclic amines) is 1. The molecule has 0 atom stereocenters. The predicted molar refractivity (Wildman–Crippen MR) is 79.4 cm³/mol. The molecule has 6 heteroatoms. The Hall–Kier alpha value is -2.11. The monoisotopic (exact) mass is 291 g/mol. The van der Waals surface area contributed by atoms with Crippen LogP contribution in [-0.4, -0.2) is 54.1 Å². The predicted octanol–water partition coefficient (Wildman–Crippen LogP) is 1.47. The number of anilines is 1. The van der Waals surface area contributed by atoms with E-state index in [0.29, 0.717) is 18.7 Å². The molecule has 1 aliphatic rings. The molecule has 6 nitrogen and oxygen atoms in total. The number of piperidine rings is 1. The van der Waals surface area contributed by atoms with Crippen LogP contribution in [0.15, 0.2) is 18.3 Å². The average molecular weight is 291 g/mol. The number of rotatable bonds is 4. The van der Waals surface area contributed by atoms with Crippen LogP contribution in [-0.2, 0) is 4.79 Å². The summed E-state index contributed by atoms with van der Waals surface area (Å²) in [6.45, 7) is 1.23. The first-order chi connectivity index (χ1) is 9.97. The number of pyridine rings is 1. The second-order valence-corrected chi connectivity index (χ2v) is 5.63. The highest BCUT2D eigenvalue weighted by molar-refractivity contribution is 5.94. The summed E-state index contributed by atoms with van der Waals surface area (Å²) in [7, 11) is 3.80. The van der Waals surface area contributed by atoms with Crippen LogP contribution >= 0.6 is 0 Å². The van der Waals surface area contributed by atoms with E-state index >= 15 is 0 Å². The zero-order valence-electron chi connectivity index (χ0n) is 12.5. The van der Waals surface area contributed by atoms with Gasteiger partial charge in [-0.25, -0.2) is 4.98 Å². The zero-order valence-corrected chi connectivity index (χ0v) is 12.5. The van der Waals surface area contributed by atoms with Crippen molar-refractivity contribution >= 4 is 17.7 Å². The van der Waals surface area contributed by atoms with E-state index in [4.69, 9.17) is 5.11 Å². The summed E-state index contributed by atoms with van der Waals surface area (Å²) in [6.07, 6.45) is 3.30. The molecule has 0 unspecified atom stereocenters. The molecule has 0 aliphatic carbocycles. The first-order valence-electron chi connectivity index (χ1n) is 7.12. The molecule has 21 heavy (non-hydrogen) atoms. The van der Waals surface area contributed by atoms with Gasteiger partial charge in [0.2, 0.25) is 0 Å². The van der Waals surface area contributed by atoms with Gasteiger partial charge < -0.3 is 14.9 Å². The van der Waals surface area contributed by atoms with E-state index in [9.17, 15) is 9.59 Å². The fourth-order valence-electron chi connectivity index (χ4n) is 2.55. The molecular weight excluding hydrogens is 270 g/mol. The van der Waals surface area contributed by atoms with Gasteiger partial charge in [-0.1, -0.05) is 0 Å². The van der Waals surface area contributed by atoms with Gasteiger partial charge in [-0.15, -0.1) is 0 Å². The number of carbonyl (C=O) groups is 2. The molecule has 1 amide bonds. The summed E-state index contributed by atoms with van der Waals surface area (Å²) in [5, 5.41) is 8.80. The van der Waals surface area contributed by atoms with Crippen molar-refractivity contribution in [3.8, 4) is 0 Å². The highest BCUT2D eigenvalue weighted by Crippen LogP contribution is 2.22. The molecule has 0 aromatic carbocycles. The third-order valence-corrected chi connectivity index (χ3v) is 3.82. The van der Waals surface area contributed by atoms with Crippen molar-refractivity contribution in [2.24, 2.45) is 5.92 Å². The number of hydrogen-bond donors (Lipinski definition) is 1. The lowest BCUT2D eigenvalue weighted by atomic mass is 9.93. The Morgan fingerprint density at radius 3 is 2.48 bits per heavy atom. The Balaban J connectivity index is 1.94. The summed E-state index contributed by atoms with van der Waals surface area (Å²) < 4.78 is 0. The minimum Gasteiger partial charge on any atom is -0.481 e. The van der Waals surface area contributed by atoms with Crippen LogP contribution in [0.4, 0.5) is 5.82 Å². The molecule has 114 valence electrons. The number of nitrogens with zero attached hydrogens (tertiary/aromatic N) is 3. The number of amides is 1. The third-order valence-electron chi connectivity index (χ3n) is 3.82. The number of carboxylic acid groups (broad SMARTS) is 1. The van der Waals surface area contributed by atoms with Crippen molar-refractivity contribution in [3.05, 3.63) is 23.9 Å². The van der Waals surface area contributed by atoms with Crippen molar-refractivity contribution in [3.63, 3.8) is 0 Å². The van der Waals surface area contributed by atoms with Gasteiger partial charge in [-0.2, -0.15) is 0 Å². The smallest absolute Gasteiger partial charge is 0.303 e. The van der Waals surface area contributed by atoms with Crippen LogP contribution in [0.3, 0.4) is 0 Å². The maximum absolute atomic E-state index is 12.4. The lowest BCUT2D eigenvalue weighted by molar-refractivity contribution is -0.138. The molecule has 0 spiro atoms. The van der Waals surface area contributed by atoms with Crippen LogP contribution in [0.25, 0.3) is 0 Å². The van der Waals surface area contributed by atoms with E-state index in [1.807, 2.05) is 25.1 Å². The van der Waals surface area contributed by atoms with Gasteiger partial charge >= 0.3 is 5.97 Å². The topological polar surface area (TPSA) is 73.7 Å². The first-order valence-corrected chi connectivity index (χ1v) is 7.12. The quantitative estimate of drug-likeness (QED) is 0.909. The Morgan fingerprint density at radius 1 is 1.33 bits per heavy atom. The molecule has 1 aromatic heterocycles. The Bertz CT molecular complexity index is 505. The SMILES string of the molecule is CN(C)c1ccc(C(=O)N2CCC(CC(=O)O)CC2)cn1. The molecule has 0 saturated carbocycles. The minimum atomic E-state index is -0.761. The number of carboxylic acids is 1. The third kappa shape index (κ3) is 3.93. The van der Waals surface area contributed by atoms with Crippen molar-refractivity contribution in [2.75, 3.05) is 32.1 Å². The van der Waals surface area contributed by atoms with Crippen LogP contribution in [0, 0.1) is 5.92 Å². The normalized spacial score (nSPS) is 15.8. The van der Waals surface area contributed by atoms with E-state index in [-0.39, 0.29) is 18.2 Å². The van der Waals surface area contributed by atoms with Crippen molar-refractivity contribution in [2.45, 2.75) is 19.3 Å². The Kier molecular flexibility index (Phi) is 4.77. The highest BCUT2D eigenvalue weighted by atomic mass is 16.4. The molecule has 1 saturated heterocycles. The van der Waals surface area contributed by atoms with E-state index in [1.165, 1.54) is 0 Å². The molecule has 0 bridgehead atoms. The maximum atomic E-state index is 12.4. The van der Waals surface area contributed by atoms with E-state index in [1.54, 1.807) is 17.2 Å². The first kappa shape index (κ1) is 15.3.